The molecule has 2 fully saturated rings. The van der Waals surface area contributed by atoms with Crippen LogP contribution in [-0.4, -0.2) is 77.6 Å². The van der Waals surface area contributed by atoms with Crippen molar-refractivity contribution in [1.82, 2.24) is 9.80 Å². The van der Waals surface area contributed by atoms with Gasteiger partial charge in [-0.1, -0.05) is 0 Å². The van der Waals surface area contributed by atoms with Crippen LogP contribution in [0.4, 0.5) is 11.4 Å². The summed E-state index contributed by atoms with van der Waals surface area (Å²) in [5, 5.41) is 21.7. The Kier molecular flexibility index (Phi) is 6.27. The lowest BCUT2D eigenvalue weighted by atomic mass is 10.1. The Bertz CT molecular complexity index is 908. The van der Waals surface area contributed by atoms with Crippen LogP contribution in [-0.2, 0) is 9.59 Å². The summed E-state index contributed by atoms with van der Waals surface area (Å²) < 4.78 is 0. The first-order valence-electron chi connectivity index (χ1n) is 10.6. The number of aromatic hydroxyl groups is 2. The molecule has 2 aliphatic heterocycles. The van der Waals surface area contributed by atoms with E-state index in [-0.39, 0.29) is 29.2 Å². The highest BCUT2D eigenvalue weighted by atomic mass is 16.3. The Morgan fingerprint density at radius 1 is 0.871 bits per heavy atom. The first kappa shape index (κ1) is 21.0. The summed E-state index contributed by atoms with van der Waals surface area (Å²) in [6, 6.07) is 13.5. The van der Waals surface area contributed by atoms with Crippen molar-refractivity contribution >= 4 is 23.2 Å². The maximum atomic E-state index is 12.7. The van der Waals surface area contributed by atoms with Crippen molar-refractivity contribution in [3.63, 3.8) is 0 Å². The van der Waals surface area contributed by atoms with E-state index in [1.54, 1.807) is 24.3 Å². The summed E-state index contributed by atoms with van der Waals surface area (Å²) in [5.74, 6) is 0.312. The van der Waals surface area contributed by atoms with E-state index in [2.05, 4.69) is 15.1 Å². The number of carbonyl (C=O) groups excluding carboxylic acids is 2. The molecule has 0 aliphatic carbocycles. The Hall–Kier alpha value is -3.26. The third-order valence-electron chi connectivity index (χ3n) is 5.98. The van der Waals surface area contributed by atoms with Crippen LogP contribution in [0.15, 0.2) is 48.5 Å². The van der Waals surface area contributed by atoms with Crippen LogP contribution in [0.25, 0.3) is 0 Å². The van der Waals surface area contributed by atoms with Crippen molar-refractivity contribution in [2.75, 3.05) is 56.0 Å². The number of nitrogens with one attached hydrogen (secondary N) is 1. The van der Waals surface area contributed by atoms with Gasteiger partial charge in [-0.25, -0.2) is 0 Å². The van der Waals surface area contributed by atoms with Crippen LogP contribution in [0, 0.1) is 5.92 Å². The van der Waals surface area contributed by atoms with E-state index >= 15 is 0 Å². The van der Waals surface area contributed by atoms with Crippen molar-refractivity contribution in [1.29, 1.82) is 0 Å². The minimum absolute atomic E-state index is 0.0526. The molecular weight excluding hydrogens is 396 g/mol. The van der Waals surface area contributed by atoms with Gasteiger partial charge in [0.05, 0.1) is 12.5 Å². The molecule has 8 nitrogen and oxygen atoms in total. The molecule has 2 amide bonds. The molecule has 164 valence electrons. The number of amides is 2. The van der Waals surface area contributed by atoms with E-state index in [9.17, 15) is 19.8 Å². The van der Waals surface area contributed by atoms with Crippen LogP contribution in [0.1, 0.15) is 6.42 Å². The first-order valence-corrected chi connectivity index (χ1v) is 10.6. The zero-order valence-corrected chi connectivity index (χ0v) is 17.4. The van der Waals surface area contributed by atoms with E-state index in [1.807, 2.05) is 17.0 Å². The Labute approximate surface area is 181 Å². The Balaban J connectivity index is 1.22. The fraction of sp³-hybridized carbons (Fsp3) is 0.391. The molecule has 3 N–H and O–H groups in total. The normalized spacial score (nSPS) is 19.4. The van der Waals surface area contributed by atoms with Gasteiger partial charge >= 0.3 is 0 Å². The highest BCUT2D eigenvalue weighted by Crippen LogP contribution is 2.22. The molecule has 31 heavy (non-hydrogen) atoms. The van der Waals surface area contributed by atoms with Crippen LogP contribution < -0.4 is 10.2 Å². The van der Waals surface area contributed by atoms with Gasteiger partial charge in [-0.15, -0.1) is 0 Å². The van der Waals surface area contributed by atoms with Gasteiger partial charge in [-0.05, 0) is 61.5 Å². The second kappa shape index (κ2) is 9.26. The molecule has 0 bridgehead atoms. The van der Waals surface area contributed by atoms with Gasteiger partial charge in [0, 0.05) is 44.1 Å². The van der Waals surface area contributed by atoms with Crippen LogP contribution in [0.5, 0.6) is 11.5 Å². The van der Waals surface area contributed by atoms with Crippen LogP contribution in [0.3, 0.4) is 0 Å². The largest absolute Gasteiger partial charge is 0.508 e. The highest BCUT2D eigenvalue weighted by molar-refractivity contribution is 5.93. The number of hydrogen-bond donors (Lipinski definition) is 3. The molecule has 2 saturated heterocycles. The average molecular weight is 425 g/mol. The minimum atomic E-state index is -0.145. The molecule has 2 aromatic rings. The number of phenolic OH excluding ortho intramolecular Hbond substituents is 2. The molecule has 1 unspecified atom stereocenters. The number of carbonyl (C=O) groups is 2. The topological polar surface area (TPSA) is 96.3 Å². The van der Waals surface area contributed by atoms with Gasteiger partial charge < -0.3 is 25.3 Å². The number of nitrogens with zero attached hydrogens (tertiary/aromatic N) is 3. The number of hydrogen-bond acceptors (Lipinski definition) is 6. The van der Waals surface area contributed by atoms with Gasteiger partial charge in [0.25, 0.3) is 0 Å². The summed E-state index contributed by atoms with van der Waals surface area (Å²) in [4.78, 5) is 31.4. The lowest BCUT2D eigenvalue weighted by Gasteiger charge is -2.36. The predicted molar refractivity (Wildman–Crippen MR) is 118 cm³/mol. The SMILES string of the molecule is O=C(Nc1ccc(O)cc1)C1CCN(CC(=O)N2CCN(c3ccc(O)cc3)CC2)C1. The second-order valence-corrected chi connectivity index (χ2v) is 8.14. The van der Waals surface area contributed by atoms with Crippen molar-refractivity contribution in [2.45, 2.75) is 6.42 Å². The summed E-state index contributed by atoms with van der Waals surface area (Å²) in [5.41, 5.74) is 1.70. The average Bonchev–Trinajstić information content (AvgIpc) is 3.25. The number of piperazine rings is 1. The summed E-state index contributed by atoms with van der Waals surface area (Å²) >= 11 is 0. The molecule has 8 heteroatoms. The number of anilines is 2. The number of likely N-dealkylation sites (tertiary alicyclic amines) is 1. The summed E-state index contributed by atoms with van der Waals surface area (Å²) in [6.07, 6.45) is 0.728. The maximum absolute atomic E-state index is 12.7. The lowest BCUT2D eigenvalue weighted by Crippen LogP contribution is -2.51. The second-order valence-electron chi connectivity index (χ2n) is 8.14. The van der Waals surface area contributed by atoms with Gasteiger partial charge in [-0.2, -0.15) is 0 Å². The number of phenols is 2. The molecule has 0 radical (unpaired) electrons. The van der Waals surface area contributed by atoms with E-state index in [4.69, 9.17) is 0 Å². The standard InChI is InChI=1S/C23H28N4O4/c28-20-5-1-18(2-6-20)24-23(31)17-9-10-25(15-17)16-22(30)27-13-11-26(12-14-27)19-3-7-21(29)8-4-19/h1-8,17,28-29H,9-16H2,(H,24,31). The molecule has 0 saturated carbocycles. The Morgan fingerprint density at radius 2 is 1.48 bits per heavy atom. The van der Waals surface area contributed by atoms with E-state index in [0.29, 0.717) is 31.9 Å². The molecule has 2 aromatic carbocycles. The van der Waals surface area contributed by atoms with E-state index in [1.165, 1.54) is 12.1 Å². The van der Waals surface area contributed by atoms with E-state index in [0.717, 1.165) is 31.7 Å². The fourth-order valence-corrected chi connectivity index (χ4v) is 4.15. The van der Waals surface area contributed by atoms with E-state index < -0.39 is 0 Å². The van der Waals surface area contributed by atoms with Crippen molar-refractivity contribution in [3.05, 3.63) is 48.5 Å². The quantitative estimate of drug-likeness (QED) is 0.633. The van der Waals surface area contributed by atoms with Crippen molar-refractivity contribution < 1.29 is 19.8 Å². The zero-order valence-electron chi connectivity index (χ0n) is 17.4. The molecule has 2 aliphatic rings. The molecule has 0 spiro atoms. The highest BCUT2D eigenvalue weighted by Gasteiger charge is 2.31. The molecule has 4 rings (SSSR count). The maximum Gasteiger partial charge on any atom is 0.236 e. The number of benzene rings is 2. The van der Waals surface area contributed by atoms with Gasteiger partial charge in [-0.3, -0.25) is 14.5 Å². The molecule has 1 atom stereocenters. The zero-order chi connectivity index (χ0) is 21.8. The van der Waals surface area contributed by atoms with Crippen molar-refractivity contribution in [3.8, 4) is 11.5 Å². The third kappa shape index (κ3) is 5.27. The predicted octanol–water partition coefficient (Wildman–Crippen LogP) is 1.71. The van der Waals surface area contributed by atoms with Gasteiger partial charge in [0.1, 0.15) is 11.5 Å². The third-order valence-corrected chi connectivity index (χ3v) is 5.98. The first-order chi connectivity index (χ1) is 15.0. The lowest BCUT2D eigenvalue weighted by molar-refractivity contribution is -0.132. The number of rotatable bonds is 5. The van der Waals surface area contributed by atoms with Crippen LogP contribution >= 0.6 is 0 Å². The van der Waals surface area contributed by atoms with Crippen molar-refractivity contribution in [2.24, 2.45) is 5.92 Å². The van der Waals surface area contributed by atoms with Gasteiger partial charge in [0.2, 0.25) is 11.8 Å². The molecule has 2 heterocycles. The monoisotopic (exact) mass is 424 g/mol. The minimum Gasteiger partial charge on any atom is -0.508 e. The molecular formula is C23H28N4O4. The summed E-state index contributed by atoms with van der Waals surface area (Å²) in [7, 11) is 0. The van der Waals surface area contributed by atoms with Gasteiger partial charge in [0.15, 0.2) is 0 Å². The van der Waals surface area contributed by atoms with Crippen LogP contribution in [0.2, 0.25) is 0 Å². The smallest absolute Gasteiger partial charge is 0.236 e. The summed E-state index contributed by atoms with van der Waals surface area (Å²) in [6.45, 7) is 4.48. The Morgan fingerprint density at radius 3 is 2.13 bits per heavy atom. The fourth-order valence-electron chi connectivity index (χ4n) is 4.15. The molecule has 0 aromatic heterocycles.